The molecule has 10 nitrogen and oxygen atoms in total. The molecular weight excluding hydrogens is 374 g/mol. The van der Waals surface area contributed by atoms with Gasteiger partial charge in [0, 0.05) is 0 Å². The van der Waals surface area contributed by atoms with Gasteiger partial charge in [-0.3, -0.25) is 0 Å². The number of carboxylic acid groups (broad SMARTS) is 4. The molecule has 0 atom stereocenters. The highest BCUT2D eigenvalue weighted by Crippen LogP contribution is 2.26. The minimum atomic E-state index is -1.48. The van der Waals surface area contributed by atoms with E-state index in [4.69, 9.17) is 30.9 Å². The van der Waals surface area contributed by atoms with Crippen LogP contribution in [0.3, 0.4) is 0 Å². The van der Waals surface area contributed by atoms with Gasteiger partial charge in [0.25, 0.3) is 0 Å². The molecule has 6 N–H and O–H groups in total. The Bertz CT molecular complexity index is 848. The van der Waals surface area contributed by atoms with Crippen molar-refractivity contribution in [3.63, 3.8) is 0 Å². The van der Waals surface area contributed by atoms with Crippen LogP contribution in [0.4, 0.5) is 0 Å². The molecule has 2 rings (SSSR count). The van der Waals surface area contributed by atoms with Crippen LogP contribution in [0.25, 0.3) is 0 Å². The topological polar surface area (TPSA) is 184 Å². The maximum atomic E-state index is 11.1. The van der Waals surface area contributed by atoms with E-state index < -0.39 is 46.1 Å². The number of hydrogen-bond donors (Lipinski definition) is 5. The third kappa shape index (κ3) is 5.54. The molecule has 0 saturated carbocycles. The Kier molecular flexibility index (Phi) is 7.65. The summed E-state index contributed by atoms with van der Waals surface area (Å²) in [7, 11) is 0. The Labute approximate surface area is 158 Å². The van der Waals surface area contributed by atoms with Crippen molar-refractivity contribution in [3.05, 3.63) is 58.7 Å². The van der Waals surface area contributed by atoms with Crippen LogP contribution in [-0.2, 0) is 0 Å². The van der Waals surface area contributed by atoms with Crippen molar-refractivity contribution < 1.29 is 44.3 Å². The molecule has 0 aliphatic rings. The third-order valence-corrected chi connectivity index (χ3v) is 3.14. The molecule has 0 saturated heterocycles. The summed E-state index contributed by atoms with van der Waals surface area (Å²) in [6.45, 7) is 2.65. The number of aromatic carboxylic acids is 4. The minimum Gasteiger partial charge on any atom is -0.478 e. The van der Waals surface area contributed by atoms with Gasteiger partial charge in [-0.25, -0.2) is 19.2 Å². The summed E-state index contributed by atoms with van der Waals surface area (Å²) in [4.78, 5) is 44.2. The smallest absolute Gasteiger partial charge is 0.336 e. The summed E-state index contributed by atoms with van der Waals surface area (Å²) in [6.07, 6.45) is 0. The van der Waals surface area contributed by atoms with Gasteiger partial charge in [-0.15, -0.1) is 0 Å². The quantitative estimate of drug-likeness (QED) is 0.489. The fourth-order valence-corrected chi connectivity index (χ4v) is 2.04. The zero-order chi connectivity index (χ0) is 21.4. The predicted octanol–water partition coefficient (Wildman–Crippen LogP) is 2.24. The molecule has 0 fully saturated rings. The summed E-state index contributed by atoms with van der Waals surface area (Å²) in [5.74, 6) is -5.92. The van der Waals surface area contributed by atoms with Gasteiger partial charge in [0.05, 0.1) is 22.3 Å². The Hall–Kier alpha value is -3.92. The molecule has 0 amide bonds. The first-order chi connectivity index (χ1) is 13.1. The second-order valence-electron chi connectivity index (χ2n) is 5.15. The molecule has 0 aliphatic heterocycles. The number of nitrogens with two attached hydrogens (primary N) is 1. The highest BCUT2D eigenvalue weighted by atomic mass is 16.5. The molecule has 0 radical (unpaired) electrons. The number of ether oxygens (including phenoxy) is 1. The van der Waals surface area contributed by atoms with E-state index in [2.05, 4.69) is 0 Å². The molecule has 0 bridgehead atoms. The Morgan fingerprint density at radius 3 is 1.25 bits per heavy atom. The van der Waals surface area contributed by atoms with Crippen LogP contribution in [0, 0.1) is 0 Å². The Morgan fingerprint density at radius 1 is 0.714 bits per heavy atom. The average Bonchev–Trinajstić information content (AvgIpc) is 2.61. The second-order valence-corrected chi connectivity index (χ2v) is 5.15. The summed E-state index contributed by atoms with van der Waals surface area (Å²) in [5.41, 5.74) is 2.95. The van der Waals surface area contributed by atoms with E-state index in [1.165, 1.54) is 12.1 Å². The van der Waals surface area contributed by atoms with E-state index in [1.54, 1.807) is 0 Å². The summed E-state index contributed by atoms with van der Waals surface area (Å²) in [5, 5.41) is 36.0. The van der Waals surface area contributed by atoms with Crippen LogP contribution in [0.15, 0.2) is 36.4 Å². The van der Waals surface area contributed by atoms with Crippen LogP contribution in [-0.4, -0.2) is 50.8 Å². The molecule has 0 heterocycles. The van der Waals surface area contributed by atoms with Crippen molar-refractivity contribution in [2.45, 2.75) is 6.92 Å². The maximum Gasteiger partial charge on any atom is 0.336 e. The van der Waals surface area contributed by atoms with Gasteiger partial charge in [-0.2, -0.15) is 0 Å². The van der Waals surface area contributed by atoms with E-state index in [9.17, 15) is 19.2 Å². The molecule has 10 heteroatoms. The largest absolute Gasteiger partial charge is 0.478 e. The predicted molar refractivity (Wildman–Crippen MR) is 95.5 cm³/mol. The SMILES string of the molecule is CCN.O=C(O)c1ccc(Oc2ccc(C(=O)O)c(C(=O)O)c2)cc1C(=O)O. The standard InChI is InChI=1S/C16H10O9.C2H7N/c17-13(18)9-3-1-7(5-11(9)15(21)22)25-8-2-4-10(14(19)20)12(6-8)16(23)24;1-2-3/h1-6H,(H,17,18)(H,19,20)(H,21,22)(H,23,24);2-3H2,1H3. The summed E-state index contributed by atoms with van der Waals surface area (Å²) >= 11 is 0. The second kappa shape index (κ2) is 9.69. The zero-order valence-corrected chi connectivity index (χ0v) is 14.6. The molecule has 2 aromatic carbocycles. The number of hydrogen-bond acceptors (Lipinski definition) is 6. The maximum absolute atomic E-state index is 11.1. The number of benzene rings is 2. The van der Waals surface area contributed by atoms with Crippen LogP contribution >= 0.6 is 0 Å². The van der Waals surface area contributed by atoms with Crippen molar-refractivity contribution in [3.8, 4) is 11.5 Å². The van der Waals surface area contributed by atoms with Crippen molar-refractivity contribution >= 4 is 23.9 Å². The first kappa shape index (κ1) is 22.1. The lowest BCUT2D eigenvalue weighted by Crippen LogP contribution is -2.09. The van der Waals surface area contributed by atoms with Gasteiger partial charge in [-0.05, 0) is 42.9 Å². The number of rotatable bonds is 6. The van der Waals surface area contributed by atoms with E-state index in [-0.39, 0.29) is 11.5 Å². The molecule has 2 aromatic rings. The van der Waals surface area contributed by atoms with Crippen molar-refractivity contribution in [1.82, 2.24) is 0 Å². The molecule has 148 valence electrons. The van der Waals surface area contributed by atoms with Crippen LogP contribution in [0.1, 0.15) is 48.4 Å². The fraction of sp³-hybridized carbons (Fsp3) is 0.111. The average molecular weight is 391 g/mol. The summed E-state index contributed by atoms with van der Waals surface area (Å²) in [6, 6.07) is 6.40. The molecule has 0 aliphatic carbocycles. The first-order valence-corrected chi connectivity index (χ1v) is 7.71. The first-order valence-electron chi connectivity index (χ1n) is 7.71. The highest BCUT2D eigenvalue weighted by molar-refractivity contribution is 6.02. The van der Waals surface area contributed by atoms with Crippen LogP contribution in [0.5, 0.6) is 11.5 Å². The van der Waals surface area contributed by atoms with Crippen LogP contribution < -0.4 is 10.5 Å². The lowest BCUT2D eigenvalue weighted by atomic mass is 10.1. The van der Waals surface area contributed by atoms with Crippen molar-refractivity contribution in [2.75, 3.05) is 6.54 Å². The molecule has 0 spiro atoms. The number of carboxylic acids is 4. The van der Waals surface area contributed by atoms with Gasteiger partial charge in [-0.1, -0.05) is 6.92 Å². The van der Waals surface area contributed by atoms with Crippen LogP contribution in [0.2, 0.25) is 0 Å². The summed E-state index contributed by atoms with van der Waals surface area (Å²) < 4.78 is 5.32. The van der Waals surface area contributed by atoms with E-state index in [0.717, 1.165) is 30.8 Å². The van der Waals surface area contributed by atoms with Crippen molar-refractivity contribution in [2.24, 2.45) is 5.73 Å². The third-order valence-electron chi connectivity index (χ3n) is 3.14. The van der Waals surface area contributed by atoms with Gasteiger partial charge in [0.1, 0.15) is 11.5 Å². The van der Waals surface area contributed by atoms with Crippen molar-refractivity contribution in [1.29, 1.82) is 0 Å². The molecule has 0 aromatic heterocycles. The normalized spacial score (nSPS) is 9.64. The van der Waals surface area contributed by atoms with E-state index >= 15 is 0 Å². The molecule has 28 heavy (non-hydrogen) atoms. The van der Waals surface area contributed by atoms with E-state index in [0.29, 0.717) is 0 Å². The van der Waals surface area contributed by atoms with Gasteiger partial charge in [0.15, 0.2) is 0 Å². The van der Waals surface area contributed by atoms with Gasteiger partial charge in [0.2, 0.25) is 0 Å². The molecular formula is C18H17NO9. The van der Waals surface area contributed by atoms with E-state index in [1.807, 2.05) is 6.92 Å². The Balaban J connectivity index is 0.00000122. The number of carbonyl (C=O) groups is 4. The minimum absolute atomic E-state index is 0.0539. The monoisotopic (exact) mass is 391 g/mol. The highest BCUT2D eigenvalue weighted by Gasteiger charge is 2.19. The zero-order valence-electron chi connectivity index (χ0n) is 14.6. The fourth-order valence-electron chi connectivity index (χ4n) is 2.04. The van der Waals surface area contributed by atoms with Gasteiger partial charge >= 0.3 is 23.9 Å². The molecule has 0 unspecified atom stereocenters. The lowest BCUT2D eigenvalue weighted by molar-refractivity contribution is 0.0651. The lowest BCUT2D eigenvalue weighted by Gasteiger charge is -2.10. The Morgan fingerprint density at radius 2 is 1.00 bits per heavy atom. The van der Waals surface area contributed by atoms with Gasteiger partial charge < -0.3 is 30.9 Å².